The summed E-state index contributed by atoms with van der Waals surface area (Å²) in [6, 6.07) is 4.10. The number of nitrogens with one attached hydrogen (secondary N) is 2. The third-order valence-corrected chi connectivity index (χ3v) is 4.26. The number of thiophene rings is 1. The Balaban J connectivity index is 1.98. The highest BCUT2D eigenvalue weighted by Crippen LogP contribution is 2.26. The number of hydrogen-bond donors (Lipinski definition) is 2. The molecule has 0 saturated heterocycles. The molecule has 2 N–H and O–H groups in total. The van der Waals surface area contributed by atoms with E-state index in [0.717, 1.165) is 0 Å². The molecule has 0 radical (unpaired) electrons. The molecule has 2 rings (SSSR count). The van der Waals surface area contributed by atoms with Gasteiger partial charge in [0.05, 0.1) is 12.4 Å². The molecule has 0 saturated carbocycles. The summed E-state index contributed by atoms with van der Waals surface area (Å²) in [6.45, 7) is 4.77. The lowest BCUT2D eigenvalue weighted by Crippen LogP contribution is -2.36. The van der Waals surface area contributed by atoms with Gasteiger partial charge in [-0.2, -0.15) is 0 Å². The summed E-state index contributed by atoms with van der Waals surface area (Å²) in [4.78, 5) is 21.4. The first-order chi connectivity index (χ1) is 9.53. The van der Waals surface area contributed by atoms with E-state index in [2.05, 4.69) is 40.5 Å². The van der Waals surface area contributed by atoms with Crippen LogP contribution in [-0.2, 0) is 5.41 Å². The highest BCUT2D eigenvalue weighted by Gasteiger charge is 2.23. The molecule has 106 valence electrons. The molecule has 0 aliphatic rings. The van der Waals surface area contributed by atoms with Crippen LogP contribution in [0.2, 0.25) is 0 Å². The molecule has 2 aromatic heterocycles. The van der Waals surface area contributed by atoms with Gasteiger partial charge in [0, 0.05) is 23.9 Å². The highest BCUT2D eigenvalue weighted by molar-refractivity contribution is 7.10. The second-order valence-corrected chi connectivity index (χ2v) is 6.03. The summed E-state index contributed by atoms with van der Waals surface area (Å²) in [7, 11) is 1.76. The second kappa shape index (κ2) is 6.00. The Hall–Kier alpha value is -1.95. The second-order valence-electron chi connectivity index (χ2n) is 5.08. The first kappa shape index (κ1) is 14.5. The van der Waals surface area contributed by atoms with Gasteiger partial charge in [0.25, 0.3) is 5.91 Å². The molecular weight excluding hydrogens is 272 g/mol. The van der Waals surface area contributed by atoms with Crippen molar-refractivity contribution in [1.82, 2.24) is 15.3 Å². The van der Waals surface area contributed by atoms with Gasteiger partial charge in [-0.25, -0.2) is 9.97 Å². The Bertz CT molecular complexity index is 563. The van der Waals surface area contributed by atoms with E-state index < -0.39 is 0 Å². The Kier molecular flexibility index (Phi) is 4.34. The highest BCUT2D eigenvalue weighted by atomic mass is 32.1. The molecule has 0 spiro atoms. The van der Waals surface area contributed by atoms with Crippen LogP contribution in [0.4, 0.5) is 5.82 Å². The minimum Gasteiger partial charge on any atom is -0.372 e. The maximum absolute atomic E-state index is 12.0. The number of anilines is 1. The van der Waals surface area contributed by atoms with Crippen LogP contribution in [0, 0.1) is 0 Å². The lowest BCUT2D eigenvalue weighted by atomic mass is 9.91. The van der Waals surface area contributed by atoms with E-state index in [0.29, 0.717) is 18.1 Å². The van der Waals surface area contributed by atoms with Crippen LogP contribution < -0.4 is 10.6 Å². The quantitative estimate of drug-likeness (QED) is 0.886. The smallest absolute Gasteiger partial charge is 0.271 e. The maximum atomic E-state index is 12.0. The van der Waals surface area contributed by atoms with Gasteiger partial charge in [-0.05, 0) is 11.4 Å². The SMILES string of the molecule is CNc1cnc(C(=O)NCC(C)(C)c2cccs2)cn1. The van der Waals surface area contributed by atoms with Crippen molar-refractivity contribution in [2.45, 2.75) is 19.3 Å². The minimum absolute atomic E-state index is 0.0951. The van der Waals surface area contributed by atoms with E-state index in [1.165, 1.54) is 11.1 Å². The zero-order valence-corrected chi connectivity index (χ0v) is 12.6. The molecule has 0 aliphatic carbocycles. The fraction of sp³-hybridized carbons (Fsp3) is 0.357. The summed E-state index contributed by atoms with van der Waals surface area (Å²) in [5.74, 6) is 0.435. The van der Waals surface area contributed by atoms with Crippen molar-refractivity contribution >= 4 is 23.1 Å². The predicted octanol–water partition coefficient (Wildman–Crippen LogP) is 2.29. The van der Waals surface area contributed by atoms with Crippen LogP contribution in [0.3, 0.4) is 0 Å². The third kappa shape index (κ3) is 3.33. The maximum Gasteiger partial charge on any atom is 0.271 e. The Morgan fingerprint density at radius 2 is 2.15 bits per heavy atom. The molecule has 0 aromatic carbocycles. The summed E-state index contributed by atoms with van der Waals surface area (Å²) in [5, 5.41) is 7.82. The van der Waals surface area contributed by atoms with E-state index in [9.17, 15) is 4.79 Å². The van der Waals surface area contributed by atoms with Crippen LogP contribution >= 0.6 is 11.3 Å². The van der Waals surface area contributed by atoms with E-state index in [-0.39, 0.29) is 11.3 Å². The van der Waals surface area contributed by atoms with Crippen molar-refractivity contribution in [3.05, 3.63) is 40.5 Å². The first-order valence-corrected chi connectivity index (χ1v) is 7.23. The van der Waals surface area contributed by atoms with Gasteiger partial charge < -0.3 is 10.6 Å². The first-order valence-electron chi connectivity index (χ1n) is 6.35. The molecule has 0 atom stereocenters. The monoisotopic (exact) mass is 290 g/mol. The number of carbonyl (C=O) groups is 1. The van der Waals surface area contributed by atoms with Gasteiger partial charge >= 0.3 is 0 Å². The van der Waals surface area contributed by atoms with Gasteiger partial charge in [-0.1, -0.05) is 19.9 Å². The lowest BCUT2D eigenvalue weighted by molar-refractivity contribution is 0.0940. The molecule has 2 aromatic rings. The predicted molar refractivity (Wildman–Crippen MR) is 81.3 cm³/mol. The zero-order valence-electron chi connectivity index (χ0n) is 11.8. The molecule has 0 unspecified atom stereocenters. The van der Waals surface area contributed by atoms with Gasteiger partial charge in [0.15, 0.2) is 0 Å². The standard InChI is InChI=1S/C14H18N4OS/c1-14(2,11-5-4-6-20-11)9-18-13(19)10-7-17-12(15-3)8-16-10/h4-8H,9H2,1-3H3,(H,15,17)(H,18,19). The molecule has 2 heterocycles. The van der Waals surface area contributed by atoms with E-state index in [1.807, 2.05) is 11.4 Å². The summed E-state index contributed by atoms with van der Waals surface area (Å²) >= 11 is 1.69. The fourth-order valence-electron chi connectivity index (χ4n) is 1.72. The summed E-state index contributed by atoms with van der Waals surface area (Å²) in [5.41, 5.74) is 0.230. The van der Waals surface area contributed by atoms with Crippen LogP contribution in [0.25, 0.3) is 0 Å². The molecule has 5 nitrogen and oxygen atoms in total. The van der Waals surface area contributed by atoms with E-state index in [4.69, 9.17) is 0 Å². The van der Waals surface area contributed by atoms with Crippen molar-refractivity contribution in [1.29, 1.82) is 0 Å². The van der Waals surface area contributed by atoms with Crippen molar-refractivity contribution in [2.24, 2.45) is 0 Å². The lowest BCUT2D eigenvalue weighted by Gasteiger charge is -2.23. The number of amides is 1. The van der Waals surface area contributed by atoms with E-state index in [1.54, 1.807) is 24.6 Å². The molecule has 20 heavy (non-hydrogen) atoms. The van der Waals surface area contributed by atoms with Gasteiger partial charge in [0.1, 0.15) is 11.5 Å². The van der Waals surface area contributed by atoms with Gasteiger partial charge in [0.2, 0.25) is 0 Å². The Morgan fingerprint density at radius 3 is 2.70 bits per heavy atom. The molecule has 0 aliphatic heterocycles. The third-order valence-electron chi connectivity index (χ3n) is 3.02. The van der Waals surface area contributed by atoms with Crippen molar-refractivity contribution in [2.75, 3.05) is 18.9 Å². The van der Waals surface area contributed by atoms with Crippen LogP contribution in [0.5, 0.6) is 0 Å². The number of rotatable bonds is 5. The van der Waals surface area contributed by atoms with Crippen molar-refractivity contribution in [3.8, 4) is 0 Å². The Morgan fingerprint density at radius 1 is 1.35 bits per heavy atom. The normalized spacial score (nSPS) is 11.2. The van der Waals surface area contributed by atoms with Crippen LogP contribution in [0.1, 0.15) is 29.2 Å². The largest absolute Gasteiger partial charge is 0.372 e. The van der Waals surface area contributed by atoms with Crippen LogP contribution in [0.15, 0.2) is 29.9 Å². The fourth-order valence-corrected chi connectivity index (χ4v) is 2.57. The van der Waals surface area contributed by atoms with Crippen molar-refractivity contribution in [3.63, 3.8) is 0 Å². The summed E-state index contributed by atoms with van der Waals surface area (Å²) in [6.07, 6.45) is 3.01. The van der Waals surface area contributed by atoms with Crippen LogP contribution in [-0.4, -0.2) is 29.5 Å². The van der Waals surface area contributed by atoms with E-state index >= 15 is 0 Å². The number of nitrogens with zero attached hydrogens (tertiary/aromatic N) is 2. The average molecular weight is 290 g/mol. The molecular formula is C14H18N4OS. The topological polar surface area (TPSA) is 66.9 Å². The molecule has 0 bridgehead atoms. The Labute approximate surface area is 122 Å². The summed E-state index contributed by atoms with van der Waals surface area (Å²) < 4.78 is 0. The average Bonchev–Trinajstić information content (AvgIpc) is 3.00. The number of hydrogen-bond acceptors (Lipinski definition) is 5. The van der Waals surface area contributed by atoms with Gasteiger partial charge in [-0.15, -0.1) is 11.3 Å². The number of carbonyl (C=O) groups excluding carboxylic acids is 1. The molecule has 0 fully saturated rings. The van der Waals surface area contributed by atoms with Gasteiger partial charge in [-0.3, -0.25) is 4.79 Å². The molecule has 6 heteroatoms. The zero-order chi connectivity index (χ0) is 14.6. The minimum atomic E-state index is -0.204. The van der Waals surface area contributed by atoms with Crippen molar-refractivity contribution < 1.29 is 4.79 Å². The molecule has 1 amide bonds. The number of aromatic nitrogens is 2.